The molecule has 1 saturated heterocycles. The minimum atomic E-state index is -0.736. The average Bonchev–Trinajstić information content (AvgIpc) is 2.97. The van der Waals surface area contributed by atoms with Crippen molar-refractivity contribution < 1.29 is 18.7 Å². The summed E-state index contributed by atoms with van der Waals surface area (Å²) in [6.45, 7) is 0.756. The van der Waals surface area contributed by atoms with Crippen molar-refractivity contribution in [1.82, 2.24) is 0 Å². The molecule has 0 spiro atoms. The molecule has 0 saturated carbocycles. The van der Waals surface area contributed by atoms with Gasteiger partial charge in [0.2, 0.25) is 0 Å². The predicted molar refractivity (Wildman–Crippen MR) is 64.7 cm³/mol. The SMILES string of the molecule is OC(CC1CCCO1)c1cc2cccc(F)c2o1. The number of halogens is 1. The molecule has 1 fully saturated rings. The second kappa shape index (κ2) is 4.71. The summed E-state index contributed by atoms with van der Waals surface area (Å²) in [6.07, 6.45) is 1.84. The number of ether oxygens (including phenoxy) is 1. The molecule has 1 N–H and O–H groups in total. The Bertz CT molecular complexity index is 543. The molecule has 2 atom stereocenters. The summed E-state index contributed by atoms with van der Waals surface area (Å²) in [6, 6.07) is 6.44. The molecule has 0 aliphatic carbocycles. The van der Waals surface area contributed by atoms with Gasteiger partial charge in [-0.2, -0.15) is 0 Å². The molecular weight excluding hydrogens is 235 g/mol. The lowest BCUT2D eigenvalue weighted by Crippen LogP contribution is -2.10. The number of rotatable bonds is 3. The monoisotopic (exact) mass is 250 g/mol. The molecule has 2 aromatic rings. The third-order valence-corrected chi connectivity index (χ3v) is 3.35. The summed E-state index contributed by atoms with van der Waals surface area (Å²) in [4.78, 5) is 0. The summed E-state index contributed by atoms with van der Waals surface area (Å²) >= 11 is 0. The van der Waals surface area contributed by atoms with Crippen LogP contribution in [0.15, 0.2) is 28.7 Å². The van der Waals surface area contributed by atoms with Crippen LogP contribution in [0.1, 0.15) is 31.1 Å². The van der Waals surface area contributed by atoms with Crippen LogP contribution in [0.25, 0.3) is 11.0 Å². The molecule has 3 rings (SSSR count). The van der Waals surface area contributed by atoms with Gasteiger partial charge in [0.05, 0.1) is 6.10 Å². The molecular formula is C14H15FO3. The van der Waals surface area contributed by atoms with Gasteiger partial charge in [0, 0.05) is 18.4 Å². The zero-order valence-corrected chi connectivity index (χ0v) is 9.93. The third-order valence-electron chi connectivity index (χ3n) is 3.35. The van der Waals surface area contributed by atoms with Gasteiger partial charge in [-0.05, 0) is 25.0 Å². The Morgan fingerprint density at radius 1 is 1.44 bits per heavy atom. The van der Waals surface area contributed by atoms with Gasteiger partial charge in [0.1, 0.15) is 11.9 Å². The van der Waals surface area contributed by atoms with Gasteiger partial charge < -0.3 is 14.3 Å². The van der Waals surface area contributed by atoms with Crippen molar-refractivity contribution in [3.05, 3.63) is 35.8 Å². The molecule has 1 aliphatic heterocycles. The van der Waals surface area contributed by atoms with E-state index in [2.05, 4.69) is 0 Å². The fourth-order valence-electron chi connectivity index (χ4n) is 2.41. The summed E-state index contributed by atoms with van der Waals surface area (Å²) in [5.74, 6) is 0.00802. The summed E-state index contributed by atoms with van der Waals surface area (Å²) < 4.78 is 24.3. The van der Waals surface area contributed by atoms with E-state index >= 15 is 0 Å². The second-order valence-electron chi connectivity index (χ2n) is 4.69. The van der Waals surface area contributed by atoms with Crippen LogP contribution in [0.2, 0.25) is 0 Å². The normalized spacial score (nSPS) is 21.6. The number of benzene rings is 1. The Labute approximate surface area is 104 Å². The van der Waals surface area contributed by atoms with Crippen molar-refractivity contribution in [3.8, 4) is 0 Å². The van der Waals surface area contributed by atoms with Crippen LogP contribution >= 0.6 is 0 Å². The highest BCUT2D eigenvalue weighted by atomic mass is 19.1. The van der Waals surface area contributed by atoms with E-state index < -0.39 is 11.9 Å². The van der Waals surface area contributed by atoms with Gasteiger partial charge in [-0.1, -0.05) is 12.1 Å². The molecule has 0 bridgehead atoms. The molecule has 1 aromatic heterocycles. The zero-order valence-electron chi connectivity index (χ0n) is 9.93. The van der Waals surface area contributed by atoms with Crippen LogP contribution in [-0.2, 0) is 4.74 Å². The maximum atomic E-state index is 13.5. The van der Waals surface area contributed by atoms with Crippen molar-refractivity contribution in [1.29, 1.82) is 0 Å². The lowest BCUT2D eigenvalue weighted by Gasteiger charge is -2.12. The molecule has 3 nitrogen and oxygen atoms in total. The first-order valence-corrected chi connectivity index (χ1v) is 6.21. The van der Waals surface area contributed by atoms with Crippen LogP contribution < -0.4 is 0 Å². The largest absolute Gasteiger partial charge is 0.455 e. The lowest BCUT2D eigenvalue weighted by atomic mass is 10.1. The molecule has 18 heavy (non-hydrogen) atoms. The summed E-state index contributed by atoms with van der Waals surface area (Å²) in [5, 5.41) is 10.8. The predicted octanol–water partition coefficient (Wildman–Crippen LogP) is 3.17. The topological polar surface area (TPSA) is 42.6 Å². The van der Waals surface area contributed by atoms with E-state index in [4.69, 9.17) is 9.15 Å². The van der Waals surface area contributed by atoms with Crippen molar-refractivity contribution in [2.24, 2.45) is 0 Å². The number of hydrogen-bond acceptors (Lipinski definition) is 3. The molecule has 1 aromatic carbocycles. The van der Waals surface area contributed by atoms with Gasteiger partial charge in [0.25, 0.3) is 0 Å². The molecule has 2 unspecified atom stereocenters. The molecule has 4 heteroatoms. The minimum Gasteiger partial charge on any atom is -0.455 e. The highest BCUT2D eigenvalue weighted by molar-refractivity contribution is 5.78. The number of hydrogen-bond donors (Lipinski definition) is 1. The Kier molecular flexibility index (Phi) is 3.06. The highest BCUT2D eigenvalue weighted by Gasteiger charge is 2.23. The maximum Gasteiger partial charge on any atom is 0.170 e. The van der Waals surface area contributed by atoms with Crippen molar-refractivity contribution >= 4 is 11.0 Å². The molecule has 0 radical (unpaired) electrons. The van der Waals surface area contributed by atoms with Crippen molar-refractivity contribution in [2.75, 3.05) is 6.61 Å². The first-order valence-electron chi connectivity index (χ1n) is 6.21. The third kappa shape index (κ3) is 2.13. The van der Waals surface area contributed by atoms with E-state index in [-0.39, 0.29) is 11.7 Å². The van der Waals surface area contributed by atoms with Crippen LogP contribution in [0, 0.1) is 5.82 Å². The number of fused-ring (bicyclic) bond motifs is 1. The van der Waals surface area contributed by atoms with Crippen LogP contribution in [0.5, 0.6) is 0 Å². The van der Waals surface area contributed by atoms with E-state index in [1.165, 1.54) is 6.07 Å². The van der Waals surface area contributed by atoms with E-state index in [1.54, 1.807) is 18.2 Å². The maximum absolute atomic E-state index is 13.5. The van der Waals surface area contributed by atoms with Gasteiger partial charge in [-0.25, -0.2) is 4.39 Å². The fraction of sp³-hybridized carbons (Fsp3) is 0.429. The van der Waals surface area contributed by atoms with E-state index in [0.717, 1.165) is 19.4 Å². The first-order chi connectivity index (χ1) is 8.74. The smallest absolute Gasteiger partial charge is 0.170 e. The van der Waals surface area contributed by atoms with Gasteiger partial charge in [-0.15, -0.1) is 0 Å². The highest BCUT2D eigenvalue weighted by Crippen LogP contribution is 2.30. The van der Waals surface area contributed by atoms with E-state index in [0.29, 0.717) is 17.6 Å². The Hall–Kier alpha value is -1.39. The summed E-state index contributed by atoms with van der Waals surface area (Å²) in [5.41, 5.74) is 0.207. The molecule has 96 valence electrons. The van der Waals surface area contributed by atoms with Gasteiger partial charge >= 0.3 is 0 Å². The van der Waals surface area contributed by atoms with Gasteiger partial charge in [-0.3, -0.25) is 0 Å². The first kappa shape index (κ1) is 11.7. The molecule has 2 heterocycles. The number of aliphatic hydroxyl groups is 1. The second-order valence-corrected chi connectivity index (χ2v) is 4.69. The van der Waals surface area contributed by atoms with Crippen LogP contribution in [0.3, 0.4) is 0 Å². The Balaban J connectivity index is 1.82. The van der Waals surface area contributed by atoms with E-state index in [1.807, 2.05) is 0 Å². The Morgan fingerprint density at radius 2 is 2.33 bits per heavy atom. The molecule has 1 aliphatic rings. The number of furan rings is 1. The van der Waals surface area contributed by atoms with Crippen molar-refractivity contribution in [2.45, 2.75) is 31.5 Å². The van der Waals surface area contributed by atoms with Crippen molar-refractivity contribution in [3.63, 3.8) is 0 Å². The fourth-order valence-corrected chi connectivity index (χ4v) is 2.41. The van der Waals surface area contributed by atoms with Gasteiger partial charge in [0.15, 0.2) is 11.4 Å². The number of para-hydroxylation sites is 1. The summed E-state index contributed by atoms with van der Waals surface area (Å²) in [7, 11) is 0. The lowest BCUT2D eigenvalue weighted by molar-refractivity contribution is 0.0454. The number of aliphatic hydroxyl groups excluding tert-OH is 1. The Morgan fingerprint density at radius 3 is 3.06 bits per heavy atom. The minimum absolute atomic E-state index is 0.0815. The molecule has 0 amide bonds. The van der Waals surface area contributed by atoms with Crippen LogP contribution in [0.4, 0.5) is 4.39 Å². The average molecular weight is 250 g/mol. The standard InChI is InChI=1S/C14H15FO3/c15-11-5-1-3-9-7-13(18-14(9)11)12(16)8-10-4-2-6-17-10/h1,3,5,7,10,12,16H,2,4,6,8H2. The quantitative estimate of drug-likeness (QED) is 0.909. The van der Waals surface area contributed by atoms with E-state index in [9.17, 15) is 9.50 Å². The van der Waals surface area contributed by atoms with Crippen LogP contribution in [-0.4, -0.2) is 17.8 Å². The zero-order chi connectivity index (χ0) is 12.5.